The lowest BCUT2D eigenvalue weighted by Crippen LogP contribution is -2.42. The topological polar surface area (TPSA) is 77.0 Å². The Bertz CT molecular complexity index is 1000. The van der Waals surface area contributed by atoms with Crippen LogP contribution in [0.2, 0.25) is 5.02 Å². The van der Waals surface area contributed by atoms with Crippen LogP contribution in [0.3, 0.4) is 0 Å². The molecule has 1 aliphatic rings. The van der Waals surface area contributed by atoms with Crippen LogP contribution < -0.4 is 10.1 Å². The third-order valence-electron chi connectivity index (χ3n) is 4.42. The molecule has 0 spiro atoms. The first-order valence-electron chi connectivity index (χ1n) is 8.95. The van der Waals surface area contributed by atoms with Crippen LogP contribution in [0, 0.1) is 0 Å². The molecule has 1 fully saturated rings. The highest BCUT2D eigenvalue weighted by Gasteiger charge is 2.30. The molecule has 0 unspecified atom stereocenters. The SMILES string of the molecule is CC(C)(NC(=O)Oc1cnc(C2CC2)c(-c2cccc(Cl)c2)n1)c1nccs1. The standard InChI is InChI=1S/C20H19ClN4O2S/c1-20(2,18-22-8-9-28-18)25-19(26)27-15-11-23-16(12-6-7-12)17(24-15)13-4-3-5-14(21)10-13/h3-5,8-12H,6-7H2,1-2H3,(H,25,26). The summed E-state index contributed by atoms with van der Waals surface area (Å²) in [5, 5.41) is 6.10. The maximum atomic E-state index is 12.4. The van der Waals surface area contributed by atoms with Gasteiger partial charge in [0.2, 0.25) is 5.88 Å². The zero-order valence-electron chi connectivity index (χ0n) is 15.5. The summed E-state index contributed by atoms with van der Waals surface area (Å²) < 4.78 is 5.42. The second-order valence-corrected chi connectivity index (χ2v) is 8.53. The van der Waals surface area contributed by atoms with E-state index in [0.717, 1.165) is 29.1 Å². The van der Waals surface area contributed by atoms with Crippen molar-refractivity contribution in [2.45, 2.75) is 38.1 Å². The Balaban J connectivity index is 1.57. The van der Waals surface area contributed by atoms with E-state index < -0.39 is 11.6 Å². The molecule has 6 nitrogen and oxygen atoms in total. The molecule has 4 rings (SSSR count). The molecule has 2 heterocycles. The molecule has 144 valence electrons. The van der Waals surface area contributed by atoms with Crippen molar-refractivity contribution in [3.05, 3.63) is 57.8 Å². The van der Waals surface area contributed by atoms with Crippen molar-refractivity contribution in [2.75, 3.05) is 0 Å². The van der Waals surface area contributed by atoms with Crippen LogP contribution in [0.1, 0.15) is 43.3 Å². The molecule has 0 aliphatic heterocycles. The third-order valence-corrected chi connectivity index (χ3v) is 5.75. The third kappa shape index (κ3) is 4.15. The van der Waals surface area contributed by atoms with Crippen molar-refractivity contribution in [1.29, 1.82) is 0 Å². The van der Waals surface area contributed by atoms with E-state index >= 15 is 0 Å². The summed E-state index contributed by atoms with van der Waals surface area (Å²) >= 11 is 7.61. The molecular weight excluding hydrogens is 396 g/mol. The molecule has 1 aromatic carbocycles. The van der Waals surface area contributed by atoms with E-state index in [9.17, 15) is 4.79 Å². The predicted octanol–water partition coefficient (Wildman–Crippen LogP) is 5.15. The number of thiazole rings is 1. The molecule has 0 saturated heterocycles. The van der Waals surface area contributed by atoms with E-state index in [1.54, 1.807) is 6.20 Å². The number of ether oxygens (including phenoxy) is 1. The average molecular weight is 415 g/mol. The Kier molecular flexibility index (Phi) is 5.03. The lowest BCUT2D eigenvalue weighted by molar-refractivity contribution is 0.186. The lowest BCUT2D eigenvalue weighted by atomic mass is 10.1. The zero-order valence-corrected chi connectivity index (χ0v) is 17.0. The highest BCUT2D eigenvalue weighted by molar-refractivity contribution is 7.09. The molecule has 1 aliphatic carbocycles. The van der Waals surface area contributed by atoms with E-state index in [1.807, 2.05) is 43.5 Å². The van der Waals surface area contributed by atoms with Gasteiger partial charge in [-0.15, -0.1) is 11.3 Å². The van der Waals surface area contributed by atoms with Gasteiger partial charge in [0.05, 0.1) is 23.1 Å². The molecule has 1 saturated carbocycles. The van der Waals surface area contributed by atoms with Crippen molar-refractivity contribution in [1.82, 2.24) is 20.3 Å². The van der Waals surface area contributed by atoms with Crippen LogP contribution >= 0.6 is 22.9 Å². The number of amides is 1. The smallest absolute Gasteiger partial charge is 0.390 e. The minimum absolute atomic E-state index is 0.145. The van der Waals surface area contributed by atoms with Gasteiger partial charge in [-0.3, -0.25) is 4.98 Å². The van der Waals surface area contributed by atoms with Crippen LogP contribution in [0.15, 0.2) is 42.0 Å². The average Bonchev–Trinajstić information content (AvgIpc) is 3.33. The molecule has 8 heteroatoms. The fraction of sp³-hybridized carbons (Fsp3) is 0.300. The van der Waals surface area contributed by atoms with Crippen molar-refractivity contribution in [3.8, 4) is 17.1 Å². The first kappa shape index (κ1) is 18.8. The fourth-order valence-electron chi connectivity index (χ4n) is 2.90. The lowest BCUT2D eigenvalue weighted by Gasteiger charge is -2.23. The number of aromatic nitrogens is 3. The van der Waals surface area contributed by atoms with Gasteiger partial charge in [-0.05, 0) is 38.8 Å². The van der Waals surface area contributed by atoms with Crippen LogP contribution in [0.5, 0.6) is 5.88 Å². The van der Waals surface area contributed by atoms with Gasteiger partial charge in [0.25, 0.3) is 0 Å². The number of nitrogens with one attached hydrogen (secondary N) is 1. The molecule has 0 radical (unpaired) electrons. The van der Waals surface area contributed by atoms with Gasteiger partial charge in [-0.1, -0.05) is 23.7 Å². The summed E-state index contributed by atoms with van der Waals surface area (Å²) in [7, 11) is 0. The van der Waals surface area contributed by atoms with Crippen LogP contribution in [-0.2, 0) is 5.54 Å². The van der Waals surface area contributed by atoms with E-state index in [2.05, 4.69) is 20.3 Å². The van der Waals surface area contributed by atoms with Crippen LogP contribution in [0.25, 0.3) is 11.3 Å². The minimum Gasteiger partial charge on any atom is -0.390 e. The molecule has 0 bridgehead atoms. The number of hydrogen-bond donors (Lipinski definition) is 1. The number of nitrogens with zero attached hydrogens (tertiary/aromatic N) is 3. The first-order chi connectivity index (χ1) is 13.4. The van der Waals surface area contributed by atoms with Crippen LogP contribution in [0.4, 0.5) is 4.79 Å². The Labute approximate surface area is 172 Å². The van der Waals surface area contributed by atoms with E-state index in [-0.39, 0.29) is 5.88 Å². The number of benzene rings is 1. The Hall–Kier alpha value is -2.51. The molecule has 3 aromatic rings. The maximum absolute atomic E-state index is 12.4. The number of hydrogen-bond acceptors (Lipinski definition) is 6. The van der Waals surface area contributed by atoms with E-state index in [4.69, 9.17) is 16.3 Å². The predicted molar refractivity (Wildman–Crippen MR) is 109 cm³/mol. The quantitative estimate of drug-likeness (QED) is 0.624. The first-order valence-corrected chi connectivity index (χ1v) is 10.2. The van der Waals surface area contributed by atoms with Gasteiger partial charge in [0, 0.05) is 28.1 Å². The maximum Gasteiger partial charge on any atom is 0.414 e. The zero-order chi connectivity index (χ0) is 19.7. The summed E-state index contributed by atoms with van der Waals surface area (Å²) in [6.07, 6.45) is 4.77. The van der Waals surface area contributed by atoms with Crippen molar-refractivity contribution in [3.63, 3.8) is 0 Å². The van der Waals surface area contributed by atoms with Gasteiger partial charge < -0.3 is 10.1 Å². The number of halogens is 1. The van der Waals surface area contributed by atoms with Gasteiger partial charge in [0.1, 0.15) is 5.01 Å². The Morgan fingerprint density at radius 3 is 2.82 bits per heavy atom. The minimum atomic E-state index is -0.650. The monoisotopic (exact) mass is 414 g/mol. The van der Waals surface area contributed by atoms with Crippen molar-refractivity contribution < 1.29 is 9.53 Å². The molecule has 2 aromatic heterocycles. The second-order valence-electron chi connectivity index (χ2n) is 7.20. The van der Waals surface area contributed by atoms with E-state index in [0.29, 0.717) is 16.6 Å². The molecule has 28 heavy (non-hydrogen) atoms. The largest absolute Gasteiger partial charge is 0.414 e. The fourth-order valence-corrected chi connectivity index (χ4v) is 3.80. The van der Waals surface area contributed by atoms with Crippen molar-refractivity contribution >= 4 is 29.0 Å². The molecule has 1 N–H and O–H groups in total. The normalized spacial score (nSPS) is 14.0. The molecular formula is C20H19ClN4O2S. The summed E-state index contributed by atoms with van der Waals surface area (Å²) in [4.78, 5) is 25.8. The highest BCUT2D eigenvalue weighted by Crippen LogP contribution is 2.43. The molecule has 0 atom stereocenters. The van der Waals surface area contributed by atoms with Gasteiger partial charge >= 0.3 is 6.09 Å². The van der Waals surface area contributed by atoms with Gasteiger partial charge in [0.15, 0.2) is 0 Å². The summed E-state index contributed by atoms with van der Waals surface area (Å²) in [5.41, 5.74) is 1.83. The highest BCUT2D eigenvalue weighted by atomic mass is 35.5. The van der Waals surface area contributed by atoms with Crippen molar-refractivity contribution in [2.24, 2.45) is 0 Å². The summed E-state index contributed by atoms with van der Waals surface area (Å²) in [5.74, 6) is 0.542. The summed E-state index contributed by atoms with van der Waals surface area (Å²) in [6.45, 7) is 3.73. The van der Waals surface area contributed by atoms with Crippen LogP contribution in [-0.4, -0.2) is 21.0 Å². The Morgan fingerprint density at radius 1 is 1.32 bits per heavy atom. The number of carbonyl (C=O) groups is 1. The summed E-state index contributed by atoms with van der Waals surface area (Å²) in [6, 6.07) is 7.45. The second kappa shape index (κ2) is 7.48. The Morgan fingerprint density at radius 2 is 2.14 bits per heavy atom. The molecule has 1 amide bonds. The number of carbonyl (C=O) groups excluding carboxylic acids is 1. The number of rotatable bonds is 5. The van der Waals surface area contributed by atoms with E-state index in [1.165, 1.54) is 17.5 Å². The van der Waals surface area contributed by atoms with Gasteiger partial charge in [-0.2, -0.15) is 0 Å². The van der Waals surface area contributed by atoms with Gasteiger partial charge in [-0.25, -0.2) is 14.8 Å².